The van der Waals surface area contributed by atoms with Gasteiger partial charge in [0, 0.05) is 25.3 Å². The molecule has 0 aliphatic carbocycles. The first-order chi connectivity index (χ1) is 12.6. The van der Waals surface area contributed by atoms with Gasteiger partial charge in [0.1, 0.15) is 5.71 Å². The van der Waals surface area contributed by atoms with E-state index in [1.807, 2.05) is 91.8 Å². The van der Waals surface area contributed by atoms with Crippen molar-refractivity contribution < 1.29 is 9.63 Å². The number of rotatable bonds is 3. The summed E-state index contributed by atoms with van der Waals surface area (Å²) in [5, 5.41) is 6.19. The molecule has 0 spiro atoms. The minimum atomic E-state index is -0.426. The maximum absolute atomic E-state index is 12.3. The molecule has 0 bridgehead atoms. The van der Waals surface area contributed by atoms with Crippen LogP contribution in [0.15, 0.2) is 77.5 Å². The Balaban J connectivity index is 1.78. The second-order valence-corrected chi connectivity index (χ2v) is 6.39. The lowest BCUT2D eigenvalue weighted by molar-refractivity contribution is -0.136. The van der Waals surface area contributed by atoms with E-state index in [1.54, 1.807) is 0 Å². The van der Waals surface area contributed by atoms with Crippen molar-refractivity contribution in [2.45, 2.75) is 0 Å². The molecule has 3 aromatic rings. The van der Waals surface area contributed by atoms with Gasteiger partial charge in [-0.2, -0.15) is 0 Å². The Labute approximate surface area is 152 Å². The molecule has 1 aliphatic heterocycles. The van der Waals surface area contributed by atoms with Gasteiger partial charge in [0.15, 0.2) is 0 Å². The van der Waals surface area contributed by atoms with Gasteiger partial charge in [-0.05, 0) is 34.5 Å². The van der Waals surface area contributed by atoms with Crippen LogP contribution in [-0.2, 0) is 9.63 Å². The predicted molar refractivity (Wildman–Crippen MR) is 105 cm³/mol. The van der Waals surface area contributed by atoms with E-state index < -0.39 is 5.97 Å². The van der Waals surface area contributed by atoms with E-state index >= 15 is 0 Å². The van der Waals surface area contributed by atoms with Crippen LogP contribution in [0.1, 0.15) is 11.1 Å². The maximum Gasteiger partial charge on any atom is 0.368 e. The normalized spacial score (nSPS) is 15.2. The van der Waals surface area contributed by atoms with Crippen molar-refractivity contribution in [2.75, 3.05) is 19.0 Å². The van der Waals surface area contributed by atoms with Crippen molar-refractivity contribution in [1.82, 2.24) is 0 Å². The van der Waals surface area contributed by atoms with E-state index in [0.717, 1.165) is 27.6 Å². The fraction of sp³-hybridized carbons (Fsp3) is 0.0909. The van der Waals surface area contributed by atoms with E-state index in [9.17, 15) is 4.79 Å². The zero-order valence-corrected chi connectivity index (χ0v) is 14.6. The molecule has 4 nitrogen and oxygen atoms in total. The van der Waals surface area contributed by atoms with Crippen LogP contribution in [-0.4, -0.2) is 25.8 Å². The summed E-state index contributed by atoms with van der Waals surface area (Å²) >= 11 is 0. The summed E-state index contributed by atoms with van der Waals surface area (Å²) in [6.07, 6.45) is 1.83. The van der Waals surface area contributed by atoms with Crippen LogP contribution in [0.2, 0.25) is 0 Å². The lowest BCUT2D eigenvalue weighted by Gasteiger charge is -2.12. The van der Waals surface area contributed by atoms with Gasteiger partial charge < -0.3 is 9.74 Å². The standard InChI is InChI=1S/C22H18N2O2/c1-24(2)17-12-10-15(11-13-17)14-20-21(23-26-22(20)25)19-9-5-7-16-6-3-4-8-18(16)19/h3-14H,1-2H3/b20-14-. The van der Waals surface area contributed by atoms with Crippen LogP contribution in [0.3, 0.4) is 0 Å². The van der Waals surface area contributed by atoms with E-state index in [2.05, 4.69) is 5.16 Å². The van der Waals surface area contributed by atoms with Crippen LogP contribution < -0.4 is 4.90 Å². The van der Waals surface area contributed by atoms with E-state index in [1.165, 1.54) is 0 Å². The number of hydrogen-bond donors (Lipinski definition) is 0. The third kappa shape index (κ3) is 2.86. The van der Waals surface area contributed by atoms with Crippen molar-refractivity contribution in [3.05, 3.63) is 83.4 Å². The number of carbonyl (C=O) groups excluding carboxylic acids is 1. The van der Waals surface area contributed by atoms with Gasteiger partial charge >= 0.3 is 5.97 Å². The zero-order chi connectivity index (χ0) is 18.1. The first-order valence-electron chi connectivity index (χ1n) is 8.40. The molecule has 26 heavy (non-hydrogen) atoms. The van der Waals surface area contributed by atoms with Gasteiger partial charge in [0.2, 0.25) is 0 Å². The second kappa shape index (κ2) is 6.48. The highest BCUT2D eigenvalue weighted by Crippen LogP contribution is 2.26. The van der Waals surface area contributed by atoms with Crippen molar-refractivity contribution >= 4 is 34.2 Å². The topological polar surface area (TPSA) is 41.9 Å². The molecule has 128 valence electrons. The molecular weight excluding hydrogens is 324 g/mol. The first-order valence-corrected chi connectivity index (χ1v) is 8.40. The Bertz CT molecular complexity index is 1040. The maximum atomic E-state index is 12.3. The van der Waals surface area contributed by atoms with Gasteiger partial charge in [-0.1, -0.05) is 59.8 Å². The Morgan fingerprint density at radius 2 is 1.65 bits per heavy atom. The fourth-order valence-electron chi connectivity index (χ4n) is 3.07. The molecule has 0 atom stereocenters. The first kappa shape index (κ1) is 16.1. The molecule has 0 unspecified atom stereocenters. The molecule has 4 heteroatoms. The van der Waals surface area contributed by atoms with Crippen LogP contribution in [0.4, 0.5) is 5.69 Å². The minimum Gasteiger partial charge on any atom is -0.378 e. The molecule has 1 heterocycles. The molecule has 1 aliphatic rings. The van der Waals surface area contributed by atoms with Crippen LogP contribution in [0, 0.1) is 0 Å². The highest BCUT2D eigenvalue weighted by Gasteiger charge is 2.27. The number of anilines is 1. The Morgan fingerprint density at radius 1 is 0.923 bits per heavy atom. The summed E-state index contributed by atoms with van der Waals surface area (Å²) in [5.74, 6) is -0.426. The molecule has 0 aromatic heterocycles. The summed E-state index contributed by atoms with van der Waals surface area (Å²) in [6, 6.07) is 22.0. The van der Waals surface area contributed by atoms with E-state index in [0.29, 0.717) is 11.3 Å². The third-order valence-corrected chi connectivity index (χ3v) is 4.46. The molecule has 0 amide bonds. The average Bonchev–Trinajstić information content (AvgIpc) is 3.02. The second-order valence-electron chi connectivity index (χ2n) is 6.39. The lowest BCUT2D eigenvalue weighted by atomic mass is 9.95. The van der Waals surface area contributed by atoms with Gasteiger partial charge in [0.25, 0.3) is 0 Å². The summed E-state index contributed by atoms with van der Waals surface area (Å²) in [5.41, 5.74) is 3.97. The highest BCUT2D eigenvalue weighted by atomic mass is 16.7. The number of carbonyl (C=O) groups is 1. The third-order valence-electron chi connectivity index (χ3n) is 4.46. The summed E-state index contributed by atoms with van der Waals surface area (Å²) in [4.78, 5) is 19.3. The van der Waals surface area contributed by atoms with Crippen LogP contribution in [0.25, 0.3) is 16.8 Å². The SMILES string of the molecule is CN(C)c1ccc(/C=C2\C(=O)ON=C2c2cccc3ccccc23)cc1. The molecule has 0 fully saturated rings. The molecule has 4 rings (SSSR count). The van der Waals surface area contributed by atoms with Crippen molar-refractivity contribution in [2.24, 2.45) is 5.16 Å². The number of nitrogens with zero attached hydrogens (tertiary/aromatic N) is 2. The van der Waals surface area contributed by atoms with Gasteiger partial charge in [-0.15, -0.1) is 0 Å². The van der Waals surface area contributed by atoms with Gasteiger partial charge in [0.05, 0.1) is 5.57 Å². The van der Waals surface area contributed by atoms with Gasteiger partial charge in [-0.25, -0.2) is 4.79 Å². The Kier molecular flexibility index (Phi) is 4.01. The fourth-order valence-corrected chi connectivity index (χ4v) is 3.07. The zero-order valence-electron chi connectivity index (χ0n) is 14.6. The highest BCUT2D eigenvalue weighted by molar-refractivity contribution is 6.33. The Hall–Kier alpha value is -3.40. The number of fused-ring (bicyclic) bond motifs is 1. The number of benzene rings is 3. The lowest BCUT2D eigenvalue weighted by Crippen LogP contribution is -2.08. The van der Waals surface area contributed by atoms with E-state index in [-0.39, 0.29) is 0 Å². The average molecular weight is 342 g/mol. The number of hydrogen-bond acceptors (Lipinski definition) is 4. The predicted octanol–water partition coefficient (Wildman–Crippen LogP) is 4.25. The minimum absolute atomic E-state index is 0.426. The molecule has 0 saturated heterocycles. The van der Waals surface area contributed by atoms with Crippen molar-refractivity contribution in [3.8, 4) is 0 Å². The summed E-state index contributed by atoms with van der Waals surface area (Å²) in [7, 11) is 3.99. The largest absolute Gasteiger partial charge is 0.378 e. The quantitative estimate of drug-likeness (QED) is 0.528. The molecule has 0 saturated carbocycles. The molecular formula is C22H18N2O2. The number of oxime groups is 1. The molecule has 3 aromatic carbocycles. The molecule has 0 N–H and O–H groups in total. The molecule has 0 radical (unpaired) electrons. The monoisotopic (exact) mass is 342 g/mol. The summed E-state index contributed by atoms with van der Waals surface area (Å²) in [6.45, 7) is 0. The van der Waals surface area contributed by atoms with Crippen LogP contribution >= 0.6 is 0 Å². The summed E-state index contributed by atoms with van der Waals surface area (Å²) < 4.78 is 0. The van der Waals surface area contributed by atoms with Crippen LogP contribution in [0.5, 0.6) is 0 Å². The van der Waals surface area contributed by atoms with Gasteiger partial charge in [-0.3, -0.25) is 0 Å². The van der Waals surface area contributed by atoms with Crippen molar-refractivity contribution in [1.29, 1.82) is 0 Å². The smallest absolute Gasteiger partial charge is 0.368 e. The van der Waals surface area contributed by atoms with E-state index in [4.69, 9.17) is 4.84 Å². The Morgan fingerprint density at radius 3 is 2.42 bits per heavy atom. The van der Waals surface area contributed by atoms with Crippen molar-refractivity contribution in [3.63, 3.8) is 0 Å².